The first kappa shape index (κ1) is 27.3. The molecule has 1 N–H and O–H groups in total. The van der Waals surface area contributed by atoms with E-state index in [0.717, 1.165) is 12.0 Å². The summed E-state index contributed by atoms with van der Waals surface area (Å²) in [6.07, 6.45) is 4.94. The SMILES string of the molecule is CCOC(Cc1ccc(OCCN(CCC2CCCC2)C(=O)Oc2ccc(OC)cc2)cc1)C(=O)O. The van der Waals surface area contributed by atoms with Crippen LogP contribution in [-0.4, -0.2) is 61.6 Å². The topological polar surface area (TPSA) is 94.5 Å². The molecule has 1 atom stereocenters. The van der Waals surface area contributed by atoms with Gasteiger partial charge in [0, 0.05) is 19.6 Å². The molecular formula is C28H37NO7. The van der Waals surface area contributed by atoms with Gasteiger partial charge in [-0.05, 0) is 61.2 Å². The summed E-state index contributed by atoms with van der Waals surface area (Å²) in [5.74, 6) is 1.50. The predicted octanol–water partition coefficient (Wildman–Crippen LogP) is 5.19. The number of aliphatic carboxylic acids is 1. The van der Waals surface area contributed by atoms with E-state index in [9.17, 15) is 14.7 Å². The molecule has 0 spiro atoms. The van der Waals surface area contributed by atoms with Crippen molar-refractivity contribution in [1.29, 1.82) is 0 Å². The lowest BCUT2D eigenvalue weighted by Gasteiger charge is -2.23. The lowest BCUT2D eigenvalue weighted by molar-refractivity contribution is -0.149. The van der Waals surface area contributed by atoms with E-state index in [4.69, 9.17) is 18.9 Å². The van der Waals surface area contributed by atoms with Crippen LogP contribution in [0.4, 0.5) is 4.79 Å². The van der Waals surface area contributed by atoms with Crippen molar-refractivity contribution >= 4 is 12.1 Å². The summed E-state index contributed by atoms with van der Waals surface area (Å²) in [6.45, 7) is 3.45. The van der Waals surface area contributed by atoms with Gasteiger partial charge in [0.25, 0.3) is 0 Å². The Hall–Kier alpha value is -3.26. The molecule has 3 rings (SSSR count). The minimum Gasteiger partial charge on any atom is -0.497 e. The van der Waals surface area contributed by atoms with E-state index in [-0.39, 0.29) is 6.42 Å². The van der Waals surface area contributed by atoms with Gasteiger partial charge in [-0.3, -0.25) is 0 Å². The van der Waals surface area contributed by atoms with Crippen LogP contribution in [0.15, 0.2) is 48.5 Å². The van der Waals surface area contributed by atoms with E-state index in [0.29, 0.717) is 49.5 Å². The Morgan fingerprint density at radius 2 is 1.61 bits per heavy atom. The molecule has 1 fully saturated rings. The Kier molecular flexibility index (Phi) is 10.9. The first-order valence-corrected chi connectivity index (χ1v) is 12.7. The molecule has 0 heterocycles. The molecule has 0 bridgehead atoms. The number of carboxylic acid groups (broad SMARTS) is 1. The number of methoxy groups -OCH3 is 1. The third kappa shape index (κ3) is 8.75. The Morgan fingerprint density at radius 3 is 2.22 bits per heavy atom. The van der Waals surface area contributed by atoms with E-state index < -0.39 is 18.2 Å². The molecule has 8 heteroatoms. The van der Waals surface area contributed by atoms with E-state index in [2.05, 4.69) is 0 Å². The van der Waals surface area contributed by atoms with Gasteiger partial charge in [-0.2, -0.15) is 0 Å². The molecule has 0 saturated heterocycles. The number of carbonyl (C=O) groups is 2. The van der Waals surface area contributed by atoms with Crippen LogP contribution in [-0.2, 0) is 16.0 Å². The zero-order valence-electron chi connectivity index (χ0n) is 21.2. The fraction of sp³-hybridized carbons (Fsp3) is 0.500. The van der Waals surface area contributed by atoms with Crippen LogP contribution in [0, 0.1) is 5.92 Å². The summed E-state index contributed by atoms with van der Waals surface area (Å²) in [7, 11) is 1.59. The molecule has 1 saturated carbocycles. The normalized spacial score (nSPS) is 14.3. The van der Waals surface area contributed by atoms with E-state index >= 15 is 0 Å². The highest BCUT2D eigenvalue weighted by molar-refractivity contribution is 5.72. The zero-order valence-corrected chi connectivity index (χ0v) is 21.2. The average Bonchev–Trinajstić information content (AvgIpc) is 3.41. The van der Waals surface area contributed by atoms with Crippen LogP contribution in [0.25, 0.3) is 0 Å². The maximum atomic E-state index is 12.9. The van der Waals surface area contributed by atoms with Crippen LogP contribution in [0.1, 0.15) is 44.6 Å². The van der Waals surface area contributed by atoms with Gasteiger partial charge in [0.2, 0.25) is 0 Å². The number of hydrogen-bond donors (Lipinski definition) is 1. The average molecular weight is 500 g/mol. The third-order valence-electron chi connectivity index (χ3n) is 6.42. The van der Waals surface area contributed by atoms with Gasteiger partial charge in [-0.15, -0.1) is 0 Å². The van der Waals surface area contributed by atoms with Crippen LogP contribution in [0.2, 0.25) is 0 Å². The van der Waals surface area contributed by atoms with Crippen molar-refractivity contribution in [3.8, 4) is 17.2 Å². The van der Waals surface area contributed by atoms with Gasteiger partial charge in [-0.1, -0.05) is 37.8 Å². The van der Waals surface area contributed by atoms with Crippen molar-refractivity contribution in [1.82, 2.24) is 4.90 Å². The molecule has 196 valence electrons. The first-order chi connectivity index (χ1) is 17.5. The maximum absolute atomic E-state index is 12.9. The van der Waals surface area contributed by atoms with Crippen molar-refractivity contribution in [2.45, 2.75) is 51.6 Å². The fourth-order valence-electron chi connectivity index (χ4n) is 4.37. The first-order valence-electron chi connectivity index (χ1n) is 12.7. The Labute approximate surface area is 213 Å². The lowest BCUT2D eigenvalue weighted by Crippen LogP contribution is -2.38. The van der Waals surface area contributed by atoms with E-state index in [1.54, 1.807) is 55.3 Å². The summed E-state index contributed by atoms with van der Waals surface area (Å²) in [4.78, 5) is 25.9. The summed E-state index contributed by atoms with van der Waals surface area (Å²) >= 11 is 0. The van der Waals surface area contributed by atoms with Crippen molar-refractivity contribution in [2.75, 3.05) is 33.4 Å². The smallest absolute Gasteiger partial charge is 0.415 e. The number of amides is 1. The van der Waals surface area contributed by atoms with Crippen LogP contribution in [0.5, 0.6) is 17.2 Å². The largest absolute Gasteiger partial charge is 0.497 e. The van der Waals surface area contributed by atoms with Crippen molar-refractivity contribution in [3.63, 3.8) is 0 Å². The minimum absolute atomic E-state index is 0.287. The number of carbonyl (C=O) groups excluding carboxylic acids is 1. The highest BCUT2D eigenvalue weighted by Gasteiger charge is 2.21. The quantitative estimate of drug-likeness (QED) is 0.382. The molecule has 2 aromatic carbocycles. The molecule has 36 heavy (non-hydrogen) atoms. The second kappa shape index (κ2) is 14.3. The molecule has 0 radical (unpaired) electrons. The Bertz CT molecular complexity index is 939. The number of benzene rings is 2. The van der Waals surface area contributed by atoms with Gasteiger partial charge in [-0.25, -0.2) is 9.59 Å². The number of hydrogen-bond acceptors (Lipinski definition) is 6. The van der Waals surface area contributed by atoms with Gasteiger partial charge in [0.1, 0.15) is 23.9 Å². The summed E-state index contributed by atoms with van der Waals surface area (Å²) in [5.41, 5.74) is 0.851. The summed E-state index contributed by atoms with van der Waals surface area (Å²) < 4.78 is 21.9. The van der Waals surface area contributed by atoms with Crippen LogP contribution >= 0.6 is 0 Å². The molecule has 8 nitrogen and oxygen atoms in total. The molecule has 1 unspecified atom stereocenters. The summed E-state index contributed by atoms with van der Waals surface area (Å²) in [6, 6.07) is 14.2. The monoisotopic (exact) mass is 499 g/mol. The molecule has 1 aliphatic carbocycles. The van der Waals surface area contributed by atoms with E-state index in [1.807, 2.05) is 12.1 Å². The van der Waals surface area contributed by atoms with Gasteiger partial charge >= 0.3 is 12.1 Å². The number of carboxylic acids is 1. The number of rotatable bonds is 14. The lowest BCUT2D eigenvalue weighted by atomic mass is 10.0. The highest BCUT2D eigenvalue weighted by atomic mass is 16.6. The molecule has 1 amide bonds. The minimum atomic E-state index is -0.976. The summed E-state index contributed by atoms with van der Waals surface area (Å²) in [5, 5.41) is 9.27. The van der Waals surface area contributed by atoms with Crippen molar-refractivity contribution in [3.05, 3.63) is 54.1 Å². The predicted molar refractivity (Wildman–Crippen MR) is 136 cm³/mol. The Morgan fingerprint density at radius 1 is 0.972 bits per heavy atom. The number of ether oxygens (including phenoxy) is 4. The third-order valence-corrected chi connectivity index (χ3v) is 6.42. The molecule has 0 aliphatic heterocycles. The molecule has 0 aromatic heterocycles. The molecular weight excluding hydrogens is 462 g/mol. The highest BCUT2D eigenvalue weighted by Crippen LogP contribution is 2.28. The fourth-order valence-corrected chi connectivity index (χ4v) is 4.37. The van der Waals surface area contributed by atoms with Crippen LogP contribution < -0.4 is 14.2 Å². The zero-order chi connectivity index (χ0) is 25.8. The van der Waals surface area contributed by atoms with Gasteiger partial charge in [0.15, 0.2) is 6.10 Å². The molecule has 1 aliphatic rings. The van der Waals surface area contributed by atoms with Gasteiger partial charge < -0.3 is 29.0 Å². The van der Waals surface area contributed by atoms with Crippen LogP contribution in [0.3, 0.4) is 0 Å². The Balaban J connectivity index is 1.53. The van der Waals surface area contributed by atoms with Gasteiger partial charge in [0.05, 0.1) is 13.7 Å². The molecule has 2 aromatic rings. The maximum Gasteiger partial charge on any atom is 0.415 e. The van der Waals surface area contributed by atoms with E-state index in [1.165, 1.54) is 25.7 Å². The standard InChI is InChI=1S/C28H37NO7/c1-3-34-26(27(30)31)20-22-8-10-24(11-9-22)35-19-18-29(17-16-21-6-4-5-7-21)28(32)36-25-14-12-23(33-2)13-15-25/h8-15,21,26H,3-7,16-20H2,1-2H3,(H,30,31). The van der Waals surface area contributed by atoms with Crippen molar-refractivity contribution < 1.29 is 33.6 Å². The second-order valence-electron chi connectivity index (χ2n) is 8.95. The second-order valence-corrected chi connectivity index (χ2v) is 8.95. The number of nitrogens with zero attached hydrogens (tertiary/aromatic N) is 1. The van der Waals surface area contributed by atoms with Crippen molar-refractivity contribution in [2.24, 2.45) is 5.92 Å².